The van der Waals surface area contributed by atoms with Gasteiger partial charge in [-0.05, 0) is 30.7 Å². The Hall–Kier alpha value is -1.87. The van der Waals surface area contributed by atoms with E-state index in [4.69, 9.17) is 5.73 Å². The lowest BCUT2D eigenvalue weighted by Crippen LogP contribution is -2.04. The second-order valence-electron chi connectivity index (χ2n) is 4.09. The first-order chi connectivity index (χ1) is 8.08. The van der Waals surface area contributed by atoms with Crippen LogP contribution in [0.1, 0.15) is 22.8 Å². The Morgan fingerprint density at radius 2 is 1.94 bits per heavy atom. The number of hydrogen-bond donors (Lipinski definition) is 2. The third kappa shape index (κ3) is 2.45. The lowest BCUT2D eigenvalue weighted by Gasteiger charge is -2.14. The minimum absolute atomic E-state index is 0.389. The van der Waals surface area contributed by atoms with E-state index < -0.39 is 11.9 Å². The highest BCUT2D eigenvalue weighted by molar-refractivity contribution is 5.50. The Kier molecular flexibility index (Phi) is 3.11. The minimum atomic E-state index is -0.898. The molecule has 0 bridgehead atoms. The molecule has 0 fully saturated rings. The summed E-state index contributed by atoms with van der Waals surface area (Å²) in [6, 6.07) is 11.4. The molecule has 2 aromatic carbocycles. The summed E-state index contributed by atoms with van der Waals surface area (Å²) >= 11 is 0. The van der Waals surface area contributed by atoms with E-state index in [0.29, 0.717) is 16.8 Å². The Labute approximate surface area is 99.5 Å². The smallest absolute Gasteiger partial charge is 0.123 e. The highest BCUT2D eigenvalue weighted by atomic mass is 19.1. The number of halogens is 1. The van der Waals surface area contributed by atoms with Gasteiger partial charge in [-0.25, -0.2) is 4.39 Å². The molecule has 0 heterocycles. The van der Waals surface area contributed by atoms with Gasteiger partial charge in [0.25, 0.3) is 0 Å². The van der Waals surface area contributed by atoms with Crippen LogP contribution in [0.3, 0.4) is 0 Å². The highest BCUT2D eigenvalue weighted by Gasteiger charge is 2.14. The second kappa shape index (κ2) is 4.55. The second-order valence-corrected chi connectivity index (χ2v) is 4.09. The molecule has 0 aliphatic rings. The van der Waals surface area contributed by atoms with Crippen LogP contribution in [-0.4, -0.2) is 5.11 Å². The first kappa shape index (κ1) is 11.6. The van der Waals surface area contributed by atoms with Crippen LogP contribution in [0.25, 0.3) is 0 Å². The van der Waals surface area contributed by atoms with Crippen molar-refractivity contribution in [2.45, 2.75) is 13.0 Å². The molecule has 0 radical (unpaired) electrons. The molecule has 0 saturated carbocycles. The van der Waals surface area contributed by atoms with E-state index in [9.17, 15) is 9.50 Å². The number of hydrogen-bond acceptors (Lipinski definition) is 2. The molecule has 2 aromatic rings. The Bertz CT molecular complexity index is 539. The monoisotopic (exact) mass is 231 g/mol. The number of nitrogens with two attached hydrogens (primary N) is 1. The van der Waals surface area contributed by atoms with Gasteiger partial charge < -0.3 is 10.8 Å². The number of aliphatic hydroxyl groups excluding tert-OH is 1. The van der Waals surface area contributed by atoms with Crippen LogP contribution in [0.5, 0.6) is 0 Å². The van der Waals surface area contributed by atoms with Crippen LogP contribution >= 0.6 is 0 Å². The van der Waals surface area contributed by atoms with Crippen LogP contribution < -0.4 is 5.73 Å². The zero-order valence-corrected chi connectivity index (χ0v) is 9.52. The van der Waals surface area contributed by atoms with Crippen molar-refractivity contribution in [2.24, 2.45) is 0 Å². The maximum atomic E-state index is 13.1. The summed E-state index contributed by atoms with van der Waals surface area (Å²) in [4.78, 5) is 0. The average molecular weight is 231 g/mol. The molecule has 2 rings (SSSR count). The summed E-state index contributed by atoms with van der Waals surface area (Å²) in [5.41, 5.74) is 8.28. The van der Waals surface area contributed by atoms with E-state index in [0.717, 1.165) is 5.56 Å². The summed E-state index contributed by atoms with van der Waals surface area (Å²) in [7, 11) is 0. The van der Waals surface area contributed by atoms with Crippen molar-refractivity contribution in [3.05, 3.63) is 65.0 Å². The van der Waals surface area contributed by atoms with Crippen LogP contribution in [0, 0.1) is 12.7 Å². The molecule has 0 amide bonds. The Morgan fingerprint density at radius 1 is 1.18 bits per heavy atom. The first-order valence-electron chi connectivity index (χ1n) is 5.37. The van der Waals surface area contributed by atoms with Gasteiger partial charge in [0.05, 0.1) is 0 Å². The number of anilines is 1. The van der Waals surface area contributed by atoms with Crippen LogP contribution in [0.4, 0.5) is 10.1 Å². The van der Waals surface area contributed by atoms with Crippen molar-refractivity contribution < 1.29 is 9.50 Å². The number of rotatable bonds is 2. The first-order valence-corrected chi connectivity index (χ1v) is 5.37. The molecule has 2 nitrogen and oxygen atoms in total. The van der Waals surface area contributed by atoms with Gasteiger partial charge in [-0.2, -0.15) is 0 Å². The summed E-state index contributed by atoms with van der Waals surface area (Å²) in [5, 5.41) is 10.2. The van der Waals surface area contributed by atoms with E-state index >= 15 is 0 Å². The van der Waals surface area contributed by atoms with Gasteiger partial charge >= 0.3 is 0 Å². The van der Waals surface area contributed by atoms with E-state index in [-0.39, 0.29) is 0 Å². The Morgan fingerprint density at radius 3 is 2.65 bits per heavy atom. The number of nitrogen functional groups attached to an aromatic ring is 1. The molecule has 88 valence electrons. The van der Waals surface area contributed by atoms with E-state index in [1.54, 1.807) is 6.07 Å². The fourth-order valence-corrected chi connectivity index (χ4v) is 1.80. The Balaban J connectivity index is 2.43. The molecular weight excluding hydrogens is 217 g/mol. The molecule has 17 heavy (non-hydrogen) atoms. The largest absolute Gasteiger partial charge is 0.398 e. The van der Waals surface area contributed by atoms with Gasteiger partial charge in [0.1, 0.15) is 11.9 Å². The fourth-order valence-electron chi connectivity index (χ4n) is 1.80. The van der Waals surface area contributed by atoms with Gasteiger partial charge in [-0.15, -0.1) is 0 Å². The SMILES string of the molecule is Cc1cccc(C(O)c2cc(F)ccc2N)c1. The van der Waals surface area contributed by atoms with Crippen molar-refractivity contribution >= 4 is 5.69 Å². The molecule has 1 atom stereocenters. The third-order valence-electron chi connectivity index (χ3n) is 2.70. The molecule has 0 aliphatic heterocycles. The normalized spacial score (nSPS) is 12.4. The standard InChI is InChI=1S/C14H14FNO/c1-9-3-2-4-10(7-9)14(17)12-8-11(15)5-6-13(12)16/h2-8,14,17H,16H2,1H3. The van der Waals surface area contributed by atoms with Gasteiger partial charge in [0, 0.05) is 11.3 Å². The van der Waals surface area contributed by atoms with Crippen LogP contribution in [-0.2, 0) is 0 Å². The topological polar surface area (TPSA) is 46.2 Å². The van der Waals surface area contributed by atoms with E-state index in [1.165, 1.54) is 18.2 Å². The summed E-state index contributed by atoms with van der Waals surface area (Å²) in [6.45, 7) is 1.94. The van der Waals surface area contributed by atoms with Gasteiger partial charge in [0.2, 0.25) is 0 Å². The predicted molar refractivity (Wildman–Crippen MR) is 66.1 cm³/mol. The highest BCUT2D eigenvalue weighted by Crippen LogP contribution is 2.27. The average Bonchev–Trinajstić information content (AvgIpc) is 2.31. The summed E-state index contributed by atoms with van der Waals surface area (Å²) in [5.74, 6) is -0.402. The number of aryl methyl sites for hydroxylation is 1. The maximum Gasteiger partial charge on any atom is 0.123 e. The van der Waals surface area contributed by atoms with Crippen molar-refractivity contribution in [1.29, 1.82) is 0 Å². The summed E-state index contributed by atoms with van der Waals surface area (Å²) in [6.07, 6.45) is -0.898. The quantitative estimate of drug-likeness (QED) is 0.781. The zero-order valence-electron chi connectivity index (χ0n) is 9.52. The van der Waals surface area contributed by atoms with Gasteiger partial charge in [-0.3, -0.25) is 0 Å². The van der Waals surface area contributed by atoms with Crippen molar-refractivity contribution in [3.8, 4) is 0 Å². The molecule has 0 spiro atoms. The molecular formula is C14H14FNO. The molecule has 3 heteroatoms. The fraction of sp³-hybridized carbons (Fsp3) is 0.143. The molecule has 0 aromatic heterocycles. The van der Waals surface area contributed by atoms with Crippen molar-refractivity contribution in [2.75, 3.05) is 5.73 Å². The molecule has 3 N–H and O–H groups in total. The number of aliphatic hydroxyl groups is 1. The third-order valence-corrected chi connectivity index (χ3v) is 2.70. The lowest BCUT2D eigenvalue weighted by molar-refractivity contribution is 0.220. The minimum Gasteiger partial charge on any atom is -0.398 e. The lowest BCUT2D eigenvalue weighted by atomic mass is 9.98. The predicted octanol–water partition coefficient (Wildman–Crippen LogP) is 2.80. The number of benzene rings is 2. The summed E-state index contributed by atoms with van der Waals surface area (Å²) < 4.78 is 13.1. The van der Waals surface area contributed by atoms with E-state index in [1.807, 2.05) is 25.1 Å². The maximum absolute atomic E-state index is 13.1. The van der Waals surface area contributed by atoms with Gasteiger partial charge in [-0.1, -0.05) is 29.8 Å². The van der Waals surface area contributed by atoms with Gasteiger partial charge in [0.15, 0.2) is 0 Å². The zero-order chi connectivity index (χ0) is 12.4. The van der Waals surface area contributed by atoms with Crippen LogP contribution in [0.2, 0.25) is 0 Å². The van der Waals surface area contributed by atoms with Crippen LogP contribution in [0.15, 0.2) is 42.5 Å². The van der Waals surface area contributed by atoms with E-state index in [2.05, 4.69) is 0 Å². The van der Waals surface area contributed by atoms with Crippen molar-refractivity contribution in [3.63, 3.8) is 0 Å². The molecule has 0 aliphatic carbocycles. The van der Waals surface area contributed by atoms with Crippen molar-refractivity contribution in [1.82, 2.24) is 0 Å². The molecule has 1 unspecified atom stereocenters. The molecule has 0 saturated heterocycles.